The SMILES string of the molecule is O=C(CCNC(=O)c1ccsc1)OCCOc1ccc(Cl)cc1. The van der Waals surface area contributed by atoms with Crippen LogP contribution in [0.2, 0.25) is 5.02 Å². The predicted molar refractivity (Wildman–Crippen MR) is 89.2 cm³/mol. The molecule has 1 aromatic heterocycles. The first-order chi connectivity index (χ1) is 11.1. The van der Waals surface area contributed by atoms with Gasteiger partial charge in [0.2, 0.25) is 0 Å². The van der Waals surface area contributed by atoms with Crippen molar-refractivity contribution in [1.29, 1.82) is 0 Å². The van der Waals surface area contributed by atoms with Crippen LogP contribution in [-0.2, 0) is 9.53 Å². The van der Waals surface area contributed by atoms with Crippen LogP contribution in [0.15, 0.2) is 41.1 Å². The molecule has 23 heavy (non-hydrogen) atoms. The lowest BCUT2D eigenvalue weighted by atomic mass is 10.3. The smallest absolute Gasteiger partial charge is 0.307 e. The number of carbonyl (C=O) groups excluding carboxylic acids is 2. The minimum atomic E-state index is -0.379. The van der Waals surface area contributed by atoms with E-state index in [1.54, 1.807) is 35.7 Å². The van der Waals surface area contributed by atoms with Crippen molar-refractivity contribution in [2.45, 2.75) is 6.42 Å². The molecule has 2 rings (SSSR count). The predicted octanol–water partition coefficient (Wildman–Crippen LogP) is 3.14. The molecule has 1 aromatic carbocycles. The normalized spacial score (nSPS) is 10.1. The number of benzene rings is 1. The van der Waals surface area contributed by atoms with Gasteiger partial charge in [-0.1, -0.05) is 11.6 Å². The van der Waals surface area contributed by atoms with Gasteiger partial charge in [0, 0.05) is 22.5 Å². The molecule has 0 saturated heterocycles. The molecule has 122 valence electrons. The third kappa shape index (κ3) is 6.30. The van der Waals surface area contributed by atoms with Crippen molar-refractivity contribution in [3.63, 3.8) is 0 Å². The van der Waals surface area contributed by atoms with Gasteiger partial charge in [-0.05, 0) is 35.7 Å². The van der Waals surface area contributed by atoms with Crippen molar-refractivity contribution in [3.8, 4) is 5.75 Å². The van der Waals surface area contributed by atoms with Crippen LogP contribution in [-0.4, -0.2) is 31.6 Å². The van der Waals surface area contributed by atoms with E-state index < -0.39 is 0 Å². The first-order valence-corrected chi connectivity index (χ1v) is 8.31. The number of hydrogen-bond acceptors (Lipinski definition) is 5. The zero-order valence-corrected chi connectivity index (χ0v) is 13.9. The zero-order chi connectivity index (χ0) is 16.5. The van der Waals surface area contributed by atoms with E-state index in [1.807, 2.05) is 5.38 Å². The van der Waals surface area contributed by atoms with Crippen LogP contribution in [0.1, 0.15) is 16.8 Å². The standard InChI is InChI=1S/C16H16ClNO4S/c17-13-1-3-14(4-2-13)21-8-9-22-15(19)5-7-18-16(20)12-6-10-23-11-12/h1-4,6,10-11H,5,7-9H2,(H,18,20). The number of thiophene rings is 1. The summed E-state index contributed by atoms with van der Waals surface area (Å²) < 4.78 is 10.4. The highest BCUT2D eigenvalue weighted by Crippen LogP contribution is 2.15. The van der Waals surface area contributed by atoms with Gasteiger partial charge in [0.1, 0.15) is 19.0 Å². The summed E-state index contributed by atoms with van der Waals surface area (Å²) in [5.41, 5.74) is 0.597. The van der Waals surface area contributed by atoms with Crippen molar-refractivity contribution < 1.29 is 19.1 Å². The third-order valence-electron chi connectivity index (χ3n) is 2.83. The average molecular weight is 354 g/mol. The number of rotatable bonds is 8. The lowest BCUT2D eigenvalue weighted by Crippen LogP contribution is -2.26. The Kier molecular flexibility index (Phi) is 6.90. The van der Waals surface area contributed by atoms with E-state index in [9.17, 15) is 9.59 Å². The highest BCUT2D eigenvalue weighted by atomic mass is 35.5. The maximum atomic E-state index is 11.6. The Bertz CT molecular complexity index is 628. The van der Waals surface area contributed by atoms with Gasteiger partial charge in [-0.2, -0.15) is 11.3 Å². The molecular formula is C16H16ClNO4S. The van der Waals surface area contributed by atoms with Gasteiger partial charge < -0.3 is 14.8 Å². The van der Waals surface area contributed by atoms with Gasteiger partial charge in [-0.25, -0.2) is 0 Å². The molecule has 0 radical (unpaired) electrons. The number of halogens is 1. The first kappa shape index (κ1) is 17.3. The Balaban J connectivity index is 1.55. The third-order valence-corrected chi connectivity index (χ3v) is 3.76. The van der Waals surface area contributed by atoms with Crippen molar-refractivity contribution in [1.82, 2.24) is 5.32 Å². The van der Waals surface area contributed by atoms with Crippen LogP contribution in [0.5, 0.6) is 5.75 Å². The van der Waals surface area contributed by atoms with E-state index in [4.69, 9.17) is 21.1 Å². The topological polar surface area (TPSA) is 64.6 Å². The molecule has 0 aliphatic heterocycles. The highest BCUT2D eigenvalue weighted by molar-refractivity contribution is 7.08. The lowest BCUT2D eigenvalue weighted by Gasteiger charge is -2.08. The first-order valence-electron chi connectivity index (χ1n) is 6.99. The molecule has 0 aliphatic rings. The summed E-state index contributed by atoms with van der Waals surface area (Å²) in [7, 11) is 0. The number of amides is 1. The monoisotopic (exact) mass is 353 g/mol. The van der Waals surface area contributed by atoms with Crippen LogP contribution in [0.25, 0.3) is 0 Å². The zero-order valence-electron chi connectivity index (χ0n) is 12.3. The lowest BCUT2D eigenvalue weighted by molar-refractivity contribution is -0.144. The summed E-state index contributed by atoms with van der Waals surface area (Å²) in [6.45, 7) is 0.653. The molecule has 0 aliphatic carbocycles. The van der Waals surface area contributed by atoms with Gasteiger partial charge in [0.05, 0.1) is 6.42 Å². The summed E-state index contributed by atoms with van der Waals surface area (Å²) in [6.07, 6.45) is 0.122. The second-order valence-electron chi connectivity index (χ2n) is 4.54. The van der Waals surface area contributed by atoms with E-state index in [0.29, 0.717) is 16.3 Å². The summed E-state index contributed by atoms with van der Waals surface area (Å²) in [6, 6.07) is 8.65. The molecule has 2 aromatic rings. The molecule has 1 N–H and O–H groups in total. The van der Waals surface area contributed by atoms with Gasteiger partial charge in [-0.15, -0.1) is 0 Å². The van der Waals surface area contributed by atoms with E-state index in [2.05, 4.69) is 5.32 Å². The van der Waals surface area contributed by atoms with E-state index in [1.165, 1.54) is 11.3 Å². The van der Waals surface area contributed by atoms with E-state index >= 15 is 0 Å². The molecule has 0 atom stereocenters. The average Bonchev–Trinajstić information content (AvgIpc) is 3.08. The molecular weight excluding hydrogens is 338 g/mol. The molecule has 1 heterocycles. The molecule has 5 nitrogen and oxygen atoms in total. The fourth-order valence-electron chi connectivity index (χ4n) is 1.69. The van der Waals surface area contributed by atoms with Crippen molar-refractivity contribution in [2.24, 2.45) is 0 Å². The molecule has 0 fully saturated rings. The fraction of sp³-hybridized carbons (Fsp3) is 0.250. The largest absolute Gasteiger partial charge is 0.490 e. The van der Waals surface area contributed by atoms with Gasteiger partial charge in [0.15, 0.2) is 0 Å². The summed E-state index contributed by atoms with van der Waals surface area (Å²) in [5.74, 6) is 0.0916. The number of esters is 1. The quantitative estimate of drug-likeness (QED) is 0.585. The Morgan fingerprint density at radius 1 is 1.13 bits per heavy atom. The molecule has 0 unspecified atom stereocenters. The maximum Gasteiger partial charge on any atom is 0.307 e. The van der Waals surface area contributed by atoms with Crippen LogP contribution < -0.4 is 10.1 Å². The van der Waals surface area contributed by atoms with Gasteiger partial charge in [0.25, 0.3) is 5.91 Å². The van der Waals surface area contributed by atoms with Crippen LogP contribution >= 0.6 is 22.9 Å². The Labute approximate surface area is 143 Å². The van der Waals surface area contributed by atoms with E-state index in [0.717, 1.165) is 0 Å². The molecule has 0 spiro atoms. The second kappa shape index (κ2) is 9.17. The maximum absolute atomic E-state index is 11.6. The number of carbonyl (C=O) groups is 2. The summed E-state index contributed by atoms with van der Waals surface area (Å²) in [5, 5.41) is 6.87. The minimum Gasteiger partial charge on any atom is -0.490 e. The number of nitrogens with one attached hydrogen (secondary N) is 1. The van der Waals surface area contributed by atoms with Crippen LogP contribution in [0.4, 0.5) is 0 Å². The van der Waals surface area contributed by atoms with Crippen molar-refractivity contribution in [3.05, 3.63) is 51.7 Å². The summed E-state index contributed by atoms with van der Waals surface area (Å²) >= 11 is 7.21. The minimum absolute atomic E-state index is 0.122. The highest BCUT2D eigenvalue weighted by Gasteiger charge is 2.07. The fourth-order valence-corrected chi connectivity index (χ4v) is 2.45. The Hall–Kier alpha value is -2.05. The van der Waals surface area contributed by atoms with Gasteiger partial charge >= 0.3 is 5.97 Å². The van der Waals surface area contributed by atoms with Crippen molar-refractivity contribution in [2.75, 3.05) is 19.8 Å². The number of hydrogen-bond donors (Lipinski definition) is 1. The van der Waals surface area contributed by atoms with E-state index in [-0.39, 0.29) is 38.1 Å². The Morgan fingerprint density at radius 2 is 1.91 bits per heavy atom. The van der Waals surface area contributed by atoms with Crippen LogP contribution in [0, 0.1) is 0 Å². The van der Waals surface area contributed by atoms with Crippen molar-refractivity contribution >= 4 is 34.8 Å². The molecule has 0 bridgehead atoms. The van der Waals surface area contributed by atoms with Gasteiger partial charge in [-0.3, -0.25) is 9.59 Å². The summed E-state index contributed by atoms with van der Waals surface area (Å²) in [4.78, 5) is 23.2. The Morgan fingerprint density at radius 3 is 2.61 bits per heavy atom. The number of ether oxygens (including phenoxy) is 2. The second-order valence-corrected chi connectivity index (χ2v) is 5.76. The molecule has 7 heteroatoms. The molecule has 1 amide bonds. The molecule has 0 saturated carbocycles. The van der Waals surface area contributed by atoms with Crippen LogP contribution in [0.3, 0.4) is 0 Å².